The number of rotatable bonds is 4. The number of nitrogens with zero attached hydrogens (tertiary/aromatic N) is 1. The van der Waals surface area contributed by atoms with E-state index in [4.69, 9.17) is 4.74 Å². The summed E-state index contributed by atoms with van der Waals surface area (Å²) in [7, 11) is 0. The molecular weight excluding hydrogens is 280 g/mol. The number of anilines is 1. The summed E-state index contributed by atoms with van der Waals surface area (Å²) in [6.07, 6.45) is 0.131. The van der Waals surface area contributed by atoms with Gasteiger partial charge in [0.25, 0.3) is 0 Å². The molecule has 0 radical (unpaired) electrons. The van der Waals surface area contributed by atoms with E-state index in [2.05, 4.69) is 0 Å². The van der Waals surface area contributed by atoms with Crippen molar-refractivity contribution in [3.05, 3.63) is 29.3 Å². The molecule has 1 N–H and O–H groups in total. The van der Waals surface area contributed by atoms with Gasteiger partial charge in [-0.05, 0) is 31.9 Å². The normalized spacial score (nSPS) is 16.1. The molecule has 0 spiro atoms. The van der Waals surface area contributed by atoms with Gasteiger partial charge in [0.2, 0.25) is 0 Å². The van der Waals surface area contributed by atoms with Crippen LogP contribution >= 0.6 is 0 Å². The minimum atomic E-state index is -1.05. The van der Waals surface area contributed by atoms with Gasteiger partial charge in [-0.2, -0.15) is 0 Å². The molecule has 4 nitrogen and oxygen atoms in total. The molecule has 1 aliphatic rings. The molecule has 0 amide bonds. The summed E-state index contributed by atoms with van der Waals surface area (Å²) in [6.45, 7) is 5.32. The minimum Gasteiger partial charge on any atom is -0.481 e. The molecular formula is C15H19F2NO3. The number of benzene rings is 1. The highest BCUT2D eigenvalue weighted by atomic mass is 19.2. The molecule has 1 aliphatic heterocycles. The third-order valence-corrected chi connectivity index (χ3v) is 3.68. The van der Waals surface area contributed by atoms with Crippen molar-refractivity contribution >= 4 is 11.7 Å². The van der Waals surface area contributed by atoms with Crippen LogP contribution in [0.15, 0.2) is 12.1 Å². The van der Waals surface area contributed by atoms with E-state index < -0.39 is 23.0 Å². The summed E-state index contributed by atoms with van der Waals surface area (Å²) in [6, 6.07) is 2.25. The van der Waals surface area contributed by atoms with Crippen LogP contribution in [0.3, 0.4) is 0 Å². The van der Waals surface area contributed by atoms with Crippen molar-refractivity contribution in [1.29, 1.82) is 0 Å². The van der Waals surface area contributed by atoms with Gasteiger partial charge in [-0.1, -0.05) is 0 Å². The number of carboxylic acid groups (broad SMARTS) is 1. The average Bonchev–Trinajstić information content (AvgIpc) is 2.43. The Kier molecular flexibility index (Phi) is 4.46. The monoisotopic (exact) mass is 299 g/mol. The first-order valence-corrected chi connectivity index (χ1v) is 6.85. The maximum Gasteiger partial charge on any atom is 0.309 e. The zero-order valence-corrected chi connectivity index (χ0v) is 12.2. The highest BCUT2D eigenvalue weighted by Gasteiger charge is 2.30. The van der Waals surface area contributed by atoms with Gasteiger partial charge in [0, 0.05) is 24.8 Å². The van der Waals surface area contributed by atoms with Gasteiger partial charge in [0.1, 0.15) is 0 Å². The predicted molar refractivity (Wildman–Crippen MR) is 74.5 cm³/mol. The Morgan fingerprint density at radius 1 is 1.29 bits per heavy atom. The minimum absolute atomic E-state index is 0.131. The summed E-state index contributed by atoms with van der Waals surface area (Å²) in [5.74, 6) is -2.85. The summed E-state index contributed by atoms with van der Waals surface area (Å²) in [4.78, 5) is 13.2. The Morgan fingerprint density at radius 3 is 2.43 bits per heavy atom. The molecule has 1 saturated heterocycles. The van der Waals surface area contributed by atoms with E-state index in [9.17, 15) is 18.7 Å². The number of carbonyl (C=O) groups is 1. The van der Waals surface area contributed by atoms with E-state index in [0.717, 1.165) is 12.1 Å². The predicted octanol–water partition coefficient (Wildman–Crippen LogP) is 2.45. The Labute approximate surface area is 122 Å². The van der Waals surface area contributed by atoms with Crippen LogP contribution in [0.1, 0.15) is 19.4 Å². The second-order valence-electron chi connectivity index (χ2n) is 5.86. The van der Waals surface area contributed by atoms with E-state index in [1.54, 1.807) is 13.8 Å². The fourth-order valence-corrected chi connectivity index (χ4v) is 2.37. The highest BCUT2D eigenvalue weighted by molar-refractivity contribution is 5.74. The molecule has 1 heterocycles. The number of halogens is 2. The molecule has 1 fully saturated rings. The molecule has 0 saturated carbocycles. The van der Waals surface area contributed by atoms with Gasteiger partial charge in [-0.15, -0.1) is 0 Å². The number of aliphatic carboxylic acids is 1. The third kappa shape index (κ3) is 3.50. The van der Waals surface area contributed by atoms with Gasteiger partial charge in [0.05, 0.1) is 18.6 Å². The number of morpholine rings is 1. The quantitative estimate of drug-likeness (QED) is 0.928. The molecule has 6 heteroatoms. The lowest BCUT2D eigenvalue weighted by molar-refractivity contribution is -0.146. The van der Waals surface area contributed by atoms with Crippen LogP contribution in [0.4, 0.5) is 14.5 Å². The standard InChI is InChI=1S/C15H19F2NO3/c1-15(2,14(19)20)9-10-7-11(16)12(17)8-13(10)18-3-5-21-6-4-18/h7-8H,3-6,9H2,1-2H3,(H,19,20). The molecule has 0 aliphatic carbocycles. The van der Waals surface area contributed by atoms with E-state index in [0.29, 0.717) is 37.6 Å². The highest BCUT2D eigenvalue weighted by Crippen LogP contribution is 2.31. The van der Waals surface area contributed by atoms with Gasteiger partial charge < -0.3 is 14.7 Å². The topological polar surface area (TPSA) is 49.8 Å². The molecule has 0 aromatic heterocycles. The first kappa shape index (κ1) is 15.7. The van der Waals surface area contributed by atoms with Crippen molar-refractivity contribution in [2.75, 3.05) is 31.2 Å². The summed E-state index contributed by atoms with van der Waals surface area (Å²) >= 11 is 0. The Bertz CT molecular complexity index is 540. The first-order chi connectivity index (χ1) is 9.81. The molecule has 0 bridgehead atoms. The first-order valence-electron chi connectivity index (χ1n) is 6.85. The summed E-state index contributed by atoms with van der Waals surface area (Å²) in [5, 5.41) is 9.23. The van der Waals surface area contributed by atoms with Gasteiger partial charge >= 0.3 is 5.97 Å². The molecule has 2 rings (SSSR count). The number of carboxylic acids is 1. The molecule has 1 aromatic rings. The fourth-order valence-electron chi connectivity index (χ4n) is 2.37. The van der Waals surface area contributed by atoms with Crippen LogP contribution in [0, 0.1) is 17.0 Å². The second kappa shape index (κ2) is 5.97. The summed E-state index contributed by atoms with van der Waals surface area (Å²) in [5.41, 5.74) is 0.000380. The van der Waals surface area contributed by atoms with Crippen LogP contribution in [-0.4, -0.2) is 37.4 Å². The van der Waals surface area contributed by atoms with Crippen LogP contribution in [0.2, 0.25) is 0 Å². The fraction of sp³-hybridized carbons (Fsp3) is 0.533. The maximum absolute atomic E-state index is 13.6. The van der Waals surface area contributed by atoms with E-state index in [-0.39, 0.29) is 6.42 Å². The van der Waals surface area contributed by atoms with Crippen molar-refractivity contribution in [3.63, 3.8) is 0 Å². The third-order valence-electron chi connectivity index (χ3n) is 3.68. The van der Waals surface area contributed by atoms with Crippen molar-refractivity contribution < 1.29 is 23.4 Å². The molecule has 0 unspecified atom stereocenters. The van der Waals surface area contributed by atoms with E-state index in [1.165, 1.54) is 0 Å². The van der Waals surface area contributed by atoms with Crippen LogP contribution in [0.5, 0.6) is 0 Å². The number of ether oxygens (including phenoxy) is 1. The zero-order valence-electron chi connectivity index (χ0n) is 12.2. The van der Waals surface area contributed by atoms with Gasteiger partial charge in [0.15, 0.2) is 11.6 Å². The smallest absolute Gasteiger partial charge is 0.309 e. The average molecular weight is 299 g/mol. The Hall–Kier alpha value is -1.69. The van der Waals surface area contributed by atoms with Crippen molar-refractivity contribution in [2.24, 2.45) is 5.41 Å². The van der Waals surface area contributed by atoms with Crippen LogP contribution < -0.4 is 4.90 Å². The van der Waals surface area contributed by atoms with E-state index >= 15 is 0 Å². The largest absolute Gasteiger partial charge is 0.481 e. The molecule has 116 valence electrons. The van der Waals surface area contributed by atoms with Gasteiger partial charge in [-0.25, -0.2) is 8.78 Å². The SMILES string of the molecule is CC(C)(Cc1cc(F)c(F)cc1N1CCOCC1)C(=O)O. The van der Waals surface area contributed by atoms with Crippen LogP contribution in [0.25, 0.3) is 0 Å². The zero-order chi connectivity index (χ0) is 15.6. The summed E-state index contributed by atoms with van der Waals surface area (Å²) < 4.78 is 32.3. The lowest BCUT2D eigenvalue weighted by atomic mass is 9.85. The Balaban J connectivity index is 2.38. The van der Waals surface area contributed by atoms with Crippen molar-refractivity contribution in [2.45, 2.75) is 20.3 Å². The van der Waals surface area contributed by atoms with Crippen molar-refractivity contribution in [1.82, 2.24) is 0 Å². The second-order valence-corrected chi connectivity index (χ2v) is 5.86. The van der Waals surface area contributed by atoms with Crippen LogP contribution in [-0.2, 0) is 16.0 Å². The van der Waals surface area contributed by atoms with Gasteiger partial charge in [-0.3, -0.25) is 4.79 Å². The lowest BCUT2D eigenvalue weighted by Gasteiger charge is -2.32. The Morgan fingerprint density at radius 2 is 1.86 bits per heavy atom. The molecule has 0 atom stereocenters. The van der Waals surface area contributed by atoms with E-state index in [1.807, 2.05) is 4.90 Å². The number of hydrogen-bond donors (Lipinski definition) is 1. The van der Waals surface area contributed by atoms with Crippen molar-refractivity contribution in [3.8, 4) is 0 Å². The lowest BCUT2D eigenvalue weighted by Crippen LogP contribution is -2.37. The number of hydrogen-bond acceptors (Lipinski definition) is 3. The molecule has 21 heavy (non-hydrogen) atoms. The molecule has 1 aromatic carbocycles. The maximum atomic E-state index is 13.6.